The van der Waals surface area contributed by atoms with Crippen molar-refractivity contribution in [3.05, 3.63) is 63.5 Å². The lowest BCUT2D eigenvalue weighted by atomic mass is 9.89. The molecular weight excluding hydrogens is 786 g/mol. The Hall–Kier alpha value is -3.92. The highest BCUT2D eigenvalue weighted by Gasteiger charge is 2.39. The first-order chi connectivity index (χ1) is 26.2. The Morgan fingerprint density at radius 3 is 2.38 bits per heavy atom. The molecule has 56 heavy (non-hydrogen) atoms. The van der Waals surface area contributed by atoms with Gasteiger partial charge in [-0.1, -0.05) is 41.7 Å². The molecule has 2 aliphatic rings. The zero-order chi connectivity index (χ0) is 41.2. The summed E-state index contributed by atoms with van der Waals surface area (Å²) in [5, 5.41) is 6.08. The molecule has 3 aromatic rings. The molecule has 11 nitrogen and oxygen atoms in total. The lowest BCUT2D eigenvalue weighted by Gasteiger charge is -2.45. The van der Waals surface area contributed by atoms with Gasteiger partial charge in [0, 0.05) is 42.5 Å². The molecular formula is C40H49ClF2N4O7S2. The summed E-state index contributed by atoms with van der Waals surface area (Å²) in [6.45, 7) is 15.5. The van der Waals surface area contributed by atoms with E-state index in [0.717, 1.165) is 16.9 Å². The molecule has 2 aliphatic heterocycles. The van der Waals surface area contributed by atoms with E-state index in [1.807, 2.05) is 0 Å². The Morgan fingerprint density at radius 2 is 1.73 bits per heavy atom. The monoisotopic (exact) mass is 834 g/mol. The highest BCUT2D eigenvalue weighted by Crippen LogP contribution is 2.48. The third kappa shape index (κ3) is 10.7. The molecule has 1 atom stereocenters. The fourth-order valence-corrected chi connectivity index (χ4v) is 8.92. The van der Waals surface area contributed by atoms with Crippen LogP contribution in [0.4, 0.5) is 25.0 Å². The van der Waals surface area contributed by atoms with Crippen LogP contribution >= 0.6 is 34.9 Å². The first-order valence-electron chi connectivity index (χ1n) is 18.3. The van der Waals surface area contributed by atoms with Gasteiger partial charge in [-0.3, -0.25) is 9.59 Å². The van der Waals surface area contributed by atoms with Gasteiger partial charge >= 0.3 is 12.1 Å². The molecule has 0 radical (unpaired) electrons. The van der Waals surface area contributed by atoms with Crippen LogP contribution in [0.5, 0.6) is 5.75 Å². The van der Waals surface area contributed by atoms with Crippen LogP contribution < -0.4 is 15.4 Å². The Kier molecular flexibility index (Phi) is 13.3. The number of benzene rings is 2. The molecule has 0 saturated carbocycles. The van der Waals surface area contributed by atoms with E-state index in [4.69, 9.17) is 25.8 Å². The van der Waals surface area contributed by atoms with Gasteiger partial charge in [0.2, 0.25) is 5.91 Å². The largest absolute Gasteiger partial charge is 0.483 e. The number of thiophene rings is 1. The third-order valence-electron chi connectivity index (χ3n) is 8.97. The molecule has 304 valence electrons. The molecule has 5 rings (SSSR count). The van der Waals surface area contributed by atoms with E-state index in [9.17, 15) is 23.6 Å². The molecule has 3 heterocycles. The Labute approximate surface area is 339 Å². The second-order valence-corrected chi connectivity index (χ2v) is 18.8. The number of piperidine rings is 1. The summed E-state index contributed by atoms with van der Waals surface area (Å²) in [5.74, 6) is -2.09. The number of amides is 2. The maximum Gasteiger partial charge on any atom is 0.410 e. The Morgan fingerprint density at radius 1 is 1.04 bits per heavy atom. The molecule has 2 fully saturated rings. The minimum Gasteiger partial charge on any atom is -0.483 e. The number of hydrogen-bond acceptors (Lipinski definition) is 11. The van der Waals surface area contributed by atoms with Gasteiger partial charge in [-0.05, 0) is 92.0 Å². The fraction of sp³-hybridized carbons (Fsp3) is 0.500. The summed E-state index contributed by atoms with van der Waals surface area (Å²) >= 11 is 9.20. The van der Waals surface area contributed by atoms with Crippen LogP contribution in [0.1, 0.15) is 83.5 Å². The SMILES string of the molecule is CC(C)(C)OC(=O)c1sc(-c2cccc(NC3CCN(SCc4ccc(F)c(NC(=O)C5CN(C(=O)OC(C)(C)C)C5)c4)C(C)(C)C3)c2F)c(Cl)c1OCC=O. The first kappa shape index (κ1) is 43.2. The van der Waals surface area contributed by atoms with Gasteiger partial charge in [0.05, 0.1) is 22.2 Å². The van der Waals surface area contributed by atoms with Crippen molar-refractivity contribution in [2.75, 3.05) is 36.9 Å². The van der Waals surface area contributed by atoms with Gasteiger partial charge in [-0.15, -0.1) is 11.3 Å². The summed E-state index contributed by atoms with van der Waals surface area (Å²) < 4.78 is 49.6. The van der Waals surface area contributed by atoms with E-state index in [1.54, 1.807) is 83.8 Å². The van der Waals surface area contributed by atoms with Crippen LogP contribution in [0.15, 0.2) is 36.4 Å². The van der Waals surface area contributed by atoms with Crippen LogP contribution in [0, 0.1) is 17.6 Å². The quantitative estimate of drug-likeness (QED) is 0.104. The van der Waals surface area contributed by atoms with E-state index < -0.39 is 40.8 Å². The van der Waals surface area contributed by atoms with Crippen molar-refractivity contribution in [1.29, 1.82) is 0 Å². The lowest BCUT2D eigenvalue weighted by Crippen LogP contribution is -2.55. The van der Waals surface area contributed by atoms with E-state index >= 15 is 4.39 Å². The number of aldehydes is 1. The predicted molar refractivity (Wildman–Crippen MR) is 217 cm³/mol. The number of likely N-dealkylation sites (tertiary alicyclic amines) is 1. The summed E-state index contributed by atoms with van der Waals surface area (Å²) in [6, 6.07) is 9.52. The van der Waals surface area contributed by atoms with Crippen molar-refractivity contribution in [3.63, 3.8) is 0 Å². The van der Waals surface area contributed by atoms with Crippen molar-refractivity contribution in [2.45, 2.75) is 96.8 Å². The highest BCUT2D eigenvalue weighted by atomic mass is 35.5. The topological polar surface area (TPSA) is 127 Å². The molecule has 2 amide bonds. The Bertz CT molecular complexity index is 1960. The number of carbonyl (C=O) groups is 4. The standard InChI is InChI=1S/C40H49ClF2N4O7S2/c1-38(2,3)53-36(50)34-32(52-17-16-48)30(41)33(56-34)26-10-9-11-28(31(26)43)44-25-14-15-47(40(7,8)19-25)55-22-23-12-13-27(42)29(18-23)45-35(49)24-20-46(21-24)37(51)54-39(4,5)6/h9-13,16,18,24-25,44H,14-15,17,19-22H2,1-8H3,(H,45,49). The maximum absolute atomic E-state index is 16.2. The number of nitrogens with zero attached hydrogens (tertiary/aromatic N) is 2. The van der Waals surface area contributed by atoms with E-state index in [1.165, 1.54) is 11.0 Å². The molecule has 1 unspecified atom stereocenters. The number of carbonyl (C=O) groups excluding carboxylic acids is 4. The molecule has 0 bridgehead atoms. The third-order valence-corrected chi connectivity index (χ3v) is 12.1. The number of nitrogens with one attached hydrogen (secondary N) is 2. The van der Waals surface area contributed by atoms with E-state index in [0.29, 0.717) is 31.4 Å². The van der Waals surface area contributed by atoms with Crippen LogP contribution in [0.25, 0.3) is 10.4 Å². The fourth-order valence-electron chi connectivity index (χ4n) is 6.32. The van der Waals surface area contributed by atoms with Crippen molar-refractivity contribution >= 4 is 70.5 Å². The van der Waals surface area contributed by atoms with Gasteiger partial charge in [-0.2, -0.15) is 0 Å². The van der Waals surface area contributed by atoms with E-state index in [-0.39, 0.29) is 74.6 Å². The normalized spacial score (nSPS) is 17.5. The summed E-state index contributed by atoms with van der Waals surface area (Å²) in [7, 11) is 0. The van der Waals surface area contributed by atoms with Gasteiger partial charge in [0.1, 0.15) is 28.6 Å². The van der Waals surface area contributed by atoms with Crippen LogP contribution in [0.2, 0.25) is 5.02 Å². The zero-order valence-corrected chi connectivity index (χ0v) is 35.2. The number of esters is 1. The second-order valence-electron chi connectivity index (χ2n) is 16.5. The second kappa shape index (κ2) is 17.3. The van der Waals surface area contributed by atoms with Crippen molar-refractivity contribution < 1.29 is 42.2 Å². The number of hydrogen-bond donors (Lipinski definition) is 2. The maximum atomic E-state index is 16.2. The van der Waals surface area contributed by atoms with Crippen molar-refractivity contribution in [1.82, 2.24) is 9.21 Å². The molecule has 2 aromatic carbocycles. The molecule has 0 aliphatic carbocycles. The lowest BCUT2D eigenvalue weighted by molar-refractivity contribution is -0.124. The first-order valence-corrected chi connectivity index (χ1v) is 20.4. The number of rotatable bonds is 12. The summed E-state index contributed by atoms with van der Waals surface area (Å²) in [4.78, 5) is 51.0. The predicted octanol–water partition coefficient (Wildman–Crippen LogP) is 9.19. The summed E-state index contributed by atoms with van der Waals surface area (Å²) in [5.41, 5.74) is -0.377. The smallest absolute Gasteiger partial charge is 0.410 e. The highest BCUT2D eigenvalue weighted by molar-refractivity contribution is 7.96. The van der Waals surface area contributed by atoms with Crippen molar-refractivity contribution in [3.8, 4) is 16.2 Å². The van der Waals surface area contributed by atoms with Gasteiger partial charge < -0.3 is 29.7 Å². The summed E-state index contributed by atoms with van der Waals surface area (Å²) in [6.07, 6.45) is 1.44. The average Bonchev–Trinajstić information content (AvgIpc) is 3.38. The zero-order valence-electron chi connectivity index (χ0n) is 32.8. The van der Waals surface area contributed by atoms with Gasteiger partial charge in [-0.25, -0.2) is 22.7 Å². The Balaban J connectivity index is 1.20. The molecule has 1 aromatic heterocycles. The minimum atomic E-state index is -0.803. The van der Waals surface area contributed by atoms with Crippen LogP contribution in [-0.4, -0.2) is 82.5 Å². The molecule has 16 heteroatoms. The molecule has 2 N–H and O–H groups in total. The van der Waals surface area contributed by atoms with Crippen molar-refractivity contribution in [2.24, 2.45) is 5.92 Å². The molecule has 2 saturated heterocycles. The average molecular weight is 835 g/mol. The van der Waals surface area contributed by atoms with E-state index in [2.05, 4.69) is 28.8 Å². The van der Waals surface area contributed by atoms with Crippen LogP contribution in [0.3, 0.4) is 0 Å². The van der Waals surface area contributed by atoms with Crippen LogP contribution in [-0.2, 0) is 24.8 Å². The number of halogens is 3. The minimum absolute atomic E-state index is 0.0147. The number of ether oxygens (including phenoxy) is 3. The number of anilines is 2. The van der Waals surface area contributed by atoms with Gasteiger partial charge in [0.25, 0.3) is 0 Å². The molecule has 0 spiro atoms. The van der Waals surface area contributed by atoms with Gasteiger partial charge in [0.15, 0.2) is 22.7 Å².